The second-order valence-electron chi connectivity index (χ2n) is 6.36. The Morgan fingerprint density at radius 1 is 1.35 bits per heavy atom. The maximum absolute atomic E-state index is 5.63. The first kappa shape index (κ1) is 20.7. The molecular weight excluding hydrogens is 441 g/mol. The van der Waals surface area contributed by atoms with E-state index in [-0.39, 0.29) is 24.0 Å². The quantitative estimate of drug-likeness (QED) is 0.388. The zero-order chi connectivity index (χ0) is 17.5. The summed E-state index contributed by atoms with van der Waals surface area (Å²) in [4.78, 5) is 8.56. The van der Waals surface area contributed by atoms with Gasteiger partial charge in [0.05, 0.1) is 6.10 Å². The summed E-state index contributed by atoms with van der Waals surface area (Å²) in [5, 5.41) is 6.71. The van der Waals surface area contributed by atoms with Crippen LogP contribution in [0.25, 0.3) is 0 Å². The Labute approximate surface area is 172 Å². The van der Waals surface area contributed by atoms with Crippen molar-refractivity contribution in [1.82, 2.24) is 20.2 Å². The Morgan fingerprint density at radius 3 is 2.88 bits per heavy atom. The average molecular weight is 469 g/mol. The second-order valence-corrected chi connectivity index (χ2v) is 6.36. The zero-order valence-electron chi connectivity index (χ0n) is 15.4. The van der Waals surface area contributed by atoms with Gasteiger partial charge in [-0.3, -0.25) is 4.99 Å². The van der Waals surface area contributed by atoms with E-state index in [0.29, 0.717) is 6.10 Å². The molecule has 6 nitrogen and oxygen atoms in total. The molecule has 3 rings (SSSR count). The van der Waals surface area contributed by atoms with Crippen LogP contribution in [0.5, 0.6) is 0 Å². The third-order valence-electron chi connectivity index (χ3n) is 4.47. The van der Waals surface area contributed by atoms with Gasteiger partial charge in [0.1, 0.15) is 5.82 Å². The largest absolute Gasteiger partial charge is 0.376 e. The molecule has 1 aliphatic heterocycles. The third-order valence-corrected chi connectivity index (χ3v) is 4.47. The Balaban J connectivity index is 0.00000243. The van der Waals surface area contributed by atoms with Crippen LogP contribution in [-0.2, 0) is 17.8 Å². The molecule has 0 bridgehead atoms. The van der Waals surface area contributed by atoms with E-state index in [1.54, 1.807) is 7.05 Å². The Hall–Kier alpha value is -1.61. The van der Waals surface area contributed by atoms with Gasteiger partial charge in [0.15, 0.2) is 5.96 Å². The molecule has 1 aromatic carbocycles. The van der Waals surface area contributed by atoms with Crippen molar-refractivity contribution in [2.75, 3.05) is 20.2 Å². The molecule has 0 aliphatic carbocycles. The molecule has 2 heterocycles. The van der Waals surface area contributed by atoms with Crippen molar-refractivity contribution >= 4 is 29.9 Å². The number of hydrogen-bond acceptors (Lipinski definition) is 3. The monoisotopic (exact) mass is 469 g/mol. The second kappa shape index (κ2) is 10.5. The molecule has 0 radical (unpaired) electrons. The predicted octanol–water partition coefficient (Wildman–Crippen LogP) is 2.70. The summed E-state index contributed by atoms with van der Waals surface area (Å²) in [6, 6.07) is 8.60. The number of guanidine groups is 1. The number of halogens is 1. The van der Waals surface area contributed by atoms with Crippen LogP contribution >= 0.6 is 24.0 Å². The van der Waals surface area contributed by atoms with Crippen molar-refractivity contribution < 1.29 is 4.74 Å². The number of rotatable bonds is 6. The van der Waals surface area contributed by atoms with Crippen molar-refractivity contribution in [3.05, 3.63) is 53.6 Å². The molecule has 0 saturated carbocycles. The number of aryl methyl sites for hydroxylation is 1. The van der Waals surface area contributed by atoms with Crippen LogP contribution in [-0.4, -0.2) is 41.8 Å². The number of nitrogens with one attached hydrogen (secondary N) is 2. The number of aliphatic imine (C=N–C) groups is 1. The first-order valence-corrected chi connectivity index (χ1v) is 8.86. The lowest BCUT2D eigenvalue weighted by Gasteiger charge is -2.15. The summed E-state index contributed by atoms with van der Waals surface area (Å²) in [6.07, 6.45) is 6.43. The molecule has 2 N–H and O–H groups in total. The van der Waals surface area contributed by atoms with E-state index in [1.807, 2.05) is 19.3 Å². The fraction of sp³-hybridized carbons (Fsp3) is 0.474. The van der Waals surface area contributed by atoms with Gasteiger partial charge in [-0.1, -0.05) is 24.3 Å². The summed E-state index contributed by atoms with van der Waals surface area (Å²) in [5.41, 5.74) is 2.50. The fourth-order valence-electron chi connectivity index (χ4n) is 3.03. The third kappa shape index (κ3) is 5.98. The van der Waals surface area contributed by atoms with E-state index in [4.69, 9.17) is 4.74 Å². The Kier molecular flexibility index (Phi) is 8.37. The topological polar surface area (TPSA) is 63.5 Å². The van der Waals surface area contributed by atoms with Crippen molar-refractivity contribution in [2.45, 2.75) is 39.0 Å². The molecule has 1 aromatic heterocycles. The van der Waals surface area contributed by atoms with Crippen LogP contribution in [0.4, 0.5) is 0 Å². The average Bonchev–Trinajstić information content (AvgIpc) is 3.28. The SMILES string of the molecule is CN=C(NCc1cccc(Cn2ccnc2C)c1)NCC1CCCO1.I. The summed E-state index contributed by atoms with van der Waals surface area (Å²) in [7, 11) is 1.79. The summed E-state index contributed by atoms with van der Waals surface area (Å²) in [5.74, 6) is 1.84. The van der Waals surface area contributed by atoms with E-state index in [0.717, 1.165) is 50.9 Å². The van der Waals surface area contributed by atoms with Crippen LogP contribution in [0, 0.1) is 6.92 Å². The maximum atomic E-state index is 5.63. The van der Waals surface area contributed by atoms with Crippen molar-refractivity contribution in [3.63, 3.8) is 0 Å². The number of nitrogens with zero attached hydrogens (tertiary/aromatic N) is 3. The number of aromatic nitrogens is 2. The molecule has 0 amide bonds. The molecule has 1 fully saturated rings. The summed E-state index contributed by atoms with van der Waals surface area (Å²) < 4.78 is 7.78. The number of ether oxygens (including phenoxy) is 1. The molecule has 1 atom stereocenters. The molecule has 2 aromatic rings. The highest BCUT2D eigenvalue weighted by molar-refractivity contribution is 14.0. The van der Waals surface area contributed by atoms with Gasteiger partial charge in [-0.15, -0.1) is 24.0 Å². The molecule has 1 saturated heterocycles. The van der Waals surface area contributed by atoms with Crippen molar-refractivity contribution in [3.8, 4) is 0 Å². The summed E-state index contributed by atoms with van der Waals surface area (Å²) >= 11 is 0. The van der Waals surface area contributed by atoms with Gasteiger partial charge in [-0.2, -0.15) is 0 Å². The van der Waals surface area contributed by atoms with Gasteiger partial charge in [-0.25, -0.2) is 4.98 Å². The number of imidazole rings is 1. The van der Waals surface area contributed by atoms with Gasteiger partial charge in [0, 0.05) is 45.7 Å². The molecule has 142 valence electrons. The normalized spacial score (nSPS) is 17.0. The lowest BCUT2D eigenvalue weighted by Crippen LogP contribution is -2.40. The van der Waals surface area contributed by atoms with Gasteiger partial charge in [0.25, 0.3) is 0 Å². The molecule has 1 unspecified atom stereocenters. The molecule has 1 aliphatic rings. The van der Waals surface area contributed by atoms with Crippen LogP contribution < -0.4 is 10.6 Å². The van der Waals surface area contributed by atoms with E-state index in [9.17, 15) is 0 Å². The van der Waals surface area contributed by atoms with Crippen molar-refractivity contribution in [2.24, 2.45) is 4.99 Å². The zero-order valence-corrected chi connectivity index (χ0v) is 17.8. The molecule has 26 heavy (non-hydrogen) atoms. The van der Waals surface area contributed by atoms with E-state index >= 15 is 0 Å². The minimum Gasteiger partial charge on any atom is -0.376 e. The molecule has 0 spiro atoms. The summed E-state index contributed by atoms with van der Waals surface area (Å²) in [6.45, 7) is 5.28. The highest BCUT2D eigenvalue weighted by atomic mass is 127. The number of hydrogen-bond donors (Lipinski definition) is 2. The predicted molar refractivity (Wildman–Crippen MR) is 115 cm³/mol. The van der Waals surface area contributed by atoms with Crippen LogP contribution in [0.1, 0.15) is 29.8 Å². The van der Waals surface area contributed by atoms with E-state index in [2.05, 4.69) is 49.4 Å². The van der Waals surface area contributed by atoms with Gasteiger partial charge in [0.2, 0.25) is 0 Å². The van der Waals surface area contributed by atoms with Crippen LogP contribution in [0.3, 0.4) is 0 Å². The Bertz CT molecular complexity index is 709. The molecular formula is C19H28IN5O. The molecule has 7 heteroatoms. The highest BCUT2D eigenvalue weighted by Gasteiger charge is 2.15. The maximum Gasteiger partial charge on any atom is 0.191 e. The van der Waals surface area contributed by atoms with E-state index in [1.165, 1.54) is 11.1 Å². The van der Waals surface area contributed by atoms with Gasteiger partial charge < -0.3 is 19.9 Å². The van der Waals surface area contributed by atoms with Crippen LogP contribution in [0.2, 0.25) is 0 Å². The number of benzene rings is 1. The first-order chi connectivity index (χ1) is 12.2. The fourth-order valence-corrected chi connectivity index (χ4v) is 3.03. The van der Waals surface area contributed by atoms with Gasteiger partial charge >= 0.3 is 0 Å². The minimum absolute atomic E-state index is 0. The van der Waals surface area contributed by atoms with Crippen molar-refractivity contribution in [1.29, 1.82) is 0 Å². The Morgan fingerprint density at radius 2 is 2.19 bits per heavy atom. The first-order valence-electron chi connectivity index (χ1n) is 8.86. The minimum atomic E-state index is 0. The lowest BCUT2D eigenvalue weighted by atomic mass is 10.1. The van der Waals surface area contributed by atoms with Crippen LogP contribution in [0.15, 0.2) is 41.7 Å². The van der Waals surface area contributed by atoms with E-state index < -0.39 is 0 Å². The smallest absolute Gasteiger partial charge is 0.191 e. The van der Waals surface area contributed by atoms with Gasteiger partial charge in [-0.05, 0) is 30.9 Å². The highest BCUT2D eigenvalue weighted by Crippen LogP contribution is 2.11. The standard InChI is InChI=1S/C19H27N5O.HI/c1-15-21-8-9-24(15)14-17-6-3-5-16(11-17)12-22-19(20-2)23-13-18-7-4-10-25-18;/h3,5-6,8-9,11,18H,4,7,10,12-14H2,1-2H3,(H2,20,22,23);1H. The lowest BCUT2D eigenvalue weighted by molar-refractivity contribution is 0.114.